The summed E-state index contributed by atoms with van der Waals surface area (Å²) >= 11 is 0. The Bertz CT molecular complexity index is 797. The molecule has 1 N–H and O–H groups in total. The Kier molecular flexibility index (Phi) is 5.48. The molecule has 0 saturated carbocycles. The molecule has 7 nitrogen and oxygen atoms in total. The van der Waals surface area contributed by atoms with Gasteiger partial charge in [0, 0.05) is 25.9 Å². The fraction of sp³-hybridized carbons (Fsp3) is 0.562. The topological polar surface area (TPSA) is 84.9 Å². The highest BCUT2D eigenvalue weighted by molar-refractivity contribution is 7.89. The molecule has 11 heteroatoms. The molecule has 0 atom stereocenters. The van der Waals surface area contributed by atoms with Crippen LogP contribution >= 0.6 is 0 Å². The zero-order chi connectivity index (χ0) is 19.7. The van der Waals surface area contributed by atoms with Crippen molar-refractivity contribution in [3.63, 3.8) is 0 Å². The number of carbonyl (C=O) groups is 1. The molecule has 2 aliphatic heterocycles. The van der Waals surface area contributed by atoms with Gasteiger partial charge in [-0.3, -0.25) is 4.79 Å². The molecule has 2 saturated heterocycles. The monoisotopic (exact) mass is 408 g/mol. The van der Waals surface area contributed by atoms with Crippen LogP contribution in [-0.4, -0.2) is 57.9 Å². The highest BCUT2D eigenvalue weighted by atomic mass is 32.2. The smallest absolute Gasteiger partial charge is 0.347 e. The van der Waals surface area contributed by atoms with Crippen molar-refractivity contribution in [3.8, 4) is 0 Å². The SMILES string of the molecule is O=C(CNS(=O)(=O)c1cccc(C(F)(F)F)c1)N1CCC2(CC1)OCCO2. The summed E-state index contributed by atoms with van der Waals surface area (Å²) in [6.45, 7) is 1.18. The summed E-state index contributed by atoms with van der Waals surface area (Å²) in [7, 11) is -4.25. The van der Waals surface area contributed by atoms with Gasteiger partial charge < -0.3 is 14.4 Å². The Labute approximate surface area is 154 Å². The number of nitrogens with one attached hydrogen (secondary N) is 1. The second-order valence-corrected chi connectivity index (χ2v) is 8.11. The number of alkyl halides is 3. The van der Waals surface area contributed by atoms with Crippen LogP contribution in [0.5, 0.6) is 0 Å². The minimum absolute atomic E-state index is 0.351. The van der Waals surface area contributed by atoms with Gasteiger partial charge in [-0.2, -0.15) is 13.2 Å². The Balaban J connectivity index is 1.58. The second-order valence-electron chi connectivity index (χ2n) is 6.34. The third-order valence-electron chi connectivity index (χ3n) is 4.58. The summed E-state index contributed by atoms with van der Waals surface area (Å²) in [5, 5.41) is 0. The van der Waals surface area contributed by atoms with Gasteiger partial charge in [0.15, 0.2) is 5.79 Å². The predicted octanol–water partition coefficient (Wildman–Crippen LogP) is 1.35. The summed E-state index contributed by atoms with van der Waals surface area (Å²) in [6, 6.07) is 3.36. The number of benzene rings is 1. The molecule has 1 amide bonds. The van der Waals surface area contributed by atoms with E-state index in [1.807, 2.05) is 0 Å². The first-order valence-corrected chi connectivity index (χ1v) is 9.82. The van der Waals surface area contributed by atoms with E-state index in [-0.39, 0.29) is 0 Å². The summed E-state index contributed by atoms with van der Waals surface area (Å²) in [5.41, 5.74) is -1.07. The van der Waals surface area contributed by atoms with Crippen molar-refractivity contribution < 1.29 is 35.9 Å². The molecule has 3 rings (SSSR count). The van der Waals surface area contributed by atoms with E-state index in [0.717, 1.165) is 18.2 Å². The number of nitrogens with zero attached hydrogens (tertiary/aromatic N) is 1. The van der Waals surface area contributed by atoms with Gasteiger partial charge in [0.1, 0.15) is 0 Å². The lowest BCUT2D eigenvalue weighted by Crippen LogP contribution is -2.49. The molecule has 0 bridgehead atoms. The number of hydrogen-bond acceptors (Lipinski definition) is 5. The molecule has 2 fully saturated rings. The van der Waals surface area contributed by atoms with Crippen LogP contribution in [0.15, 0.2) is 29.2 Å². The summed E-state index contributed by atoms with van der Waals surface area (Å²) in [5.74, 6) is -1.12. The Morgan fingerprint density at radius 1 is 1.19 bits per heavy atom. The second kappa shape index (κ2) is 7.38. The third-order valence-corrected chi connectivity index (χ3v) is 5.98. The Hall–Kier alpha value is -1.69. The highest BCUT2D eigenvalue weighted by Crippen LogP contribution is 2.32. The first-order chi connectivity index (χ1) is 12.6. The van der Waals surface area contributed by atoms with Crippen molar-refractivity contribution in [1.29, 1.82) is 0 Å². The van der Waals surface area contributed by atoms with Gasteiger partial charge in [-0.1, -0.05) is 6.07 Å². The van der Waals surface area contributed by atoms with Crippen LogP contribution in [0.1, 0.15) is 18.4 Å². The van der Waals surface area contributed by atoms with Crippen LogP contribution in [0.3, 0.4) is 0 Å². The van der Waals surface area contributed by atoms with Crippen LogP contribution in [0, 0.1) is 0 Å². The first-order valence-electron chi connectivity index (χ1n) is 8.34. The fourth-order valence-corrected chi connectivity index (χ4v) is 4.09. The van der Waals surface area contributed by atoms with Gasteiger partial charge in [-0.25, -0.2) is 13.1 Å². The van der Waals surface area contributed by atoms with E-state index in [4.69, 9.17) is 9.47 Å². The molecule has 1 aromatic rings. The average Bonchev–Trinajstić information content (AvgIpc) is 3.08. The number of ether oxygens (including phenoxy) is 2. The molecule has 0 aromatic heterocycles. The standard InChI is InChI=1S/C16H19F3N2O5S/c17-16(18,19)12-2-1-3-13(10-12)27(23,24)20-11-14(22)21-6-4-15(5-7-21)25-8-9-26-15/h1-3,10,20H,4-9,11H2. The van der Waals surface area contributed by atoms with Crippen LogP contribution in [0.2, 0.25) is 0 Å². The average molecular weight is 408 g/mol. The maximum Gasteiger partial charge on any atom is 0.416 e. The van der Waals surface area contributed by atoms with Crippen molar-refractivity contribution in [2.45, 2.75) is 29.7 Å². The van der Waals surface area contributed by atoms with Gasteiger partial charge >= 0.3 is 6.18 Å². The zero-order valence-electron chi connectivity index (χ0n) is 14.3. The molecule has 150 valence electrons. The fourth-order valence-electron chi connectivity index (χ4n) is 3.07. The molecule has 2 aliphatic rings. The van der Waals surface area contributed by atoms with Gasteiger partial charge in [0.25, 0.3) is 0 Å². The van der Waals surface area contributed by atoms with Crippen LogP contribution in [0.25, 0.3) is 0 Å². The molecular formula is C16H19F3N2O5S. The highest BCUT2D eigenvalue weighted by Gasteiger charge is 2.40. The van der Waals surface area contributed by atoms with Gasteiger partial charge in [0.2, 0.25) is 15.9 Å². The summed E-state index contributed by atoms with van der Waals surface area (Å²) in [4.78, 5) is 13.2. The lowest BCUT2D eigenvalue weighted by atomic mass is 10.0. The number of sulfonamides is 1. The van der Waals surface area contributed by atoms with Gasteiger partial charge in [-0.05, 0) is 18.2 Å². The number of halogens is 3. The van der Waals surface area contributed by atoms with Crippen LogP contribution < -0.4 is 4.72 Å². The summed E-state index contributed by atoms with van der Waals surface area (Å²) in [6.07, 6.45) is -3.69. The van der Waals surface area contributed by atoms with E-state index in [2.05, 4.69) is 4.72 Å². The molecule has 1 spiro atoms. The van der Waals surface area contributed by atoms with E-state index in [1.165, 1.54) is 4.90 Å². The predicted molar refractivity (Wildman–Crippen MR) is 87.1 cm³/mol. The van der Waals surface area contributed by atoms with Crippen LogP contribution in [-0.2, 0) is 30.5 Å². The number of hydrogen-bond donors (Lipinski definition) is 1. The Morgan fingerprint density at radius 2 is 1.81 bits per heavy atom. The van der Waals surface area contributed by atoms with Crippen molar-refractivity contribution in [1.82, 2.24) is 9.62 Å². The third kappa shape index (κ3) is 4.60. The van der Waals surface area contributed by atoms with Gasteiger partial charge in [0.05, 0.1) is 30.2 Å². The maximum absolute atomic E-state index is 12.7. The number of rotatable bonds is 4. The van der Waals surface area contributed by atoms with Crippen molar-refractivity contribution in [2.24, 2.45) is 0 Å². The molecule has 0 radical (unpaired) electrons. The largest absolute Gasteiger partial charge is 0.416 e. The Morgan fingerprint density at radius 3 is 2.41 bits per heavy atom. The van der Waals surface area contributed by atoms with Crippen molar-refractivity contribution >= 4 is 15.9 Å². The van der Waals surface area contributed by atoms with E-state index in [1.54, 1.807) is 0 Å². The van der Waals surface area contributed by atoms with Crippen molar-refractivity contribution in [3.05, 3.63) is 29.8 Å². The van der Waals surface area contributed by atoms with E-state index >= 15 is 0 Å². The zero-order valence-corrected chi connectivity index (χ0v) is 15.1. The number of piperidine rings is 1. The lowest BCUT2D eigenvalue weighted by Gasteiger charge is -2.37. The molecule has 0 aliphatic carbocycles. The molecule has 2 heterocycles. The maximum atomic E-state index is 12.7. The minimum atomic E-state index is -4.66. The lowest BCUT2D eigenvalue weighted by molar-refractivity contribution is -0.187. The molecule has 1 aromatic carbocycles. The van der Waals surface area contributed by atoms with E-state index in [0.29, 0.717) is 45.2 Å². The van der Waals surface area contributed by atoms with Gasteiger partial charge in [-0.15, -0.1) is 0 Å². The van der Waals surface area contributed by atoms with E-state index in [9.17, 15) is 26.4 Å². The van der Waals surface area contributed by atoms with E-state index < -0.39 is 44.9 Å². The minimum Gasteiger partial charge on any atom is -0.347 e. The first kappa shape index (κ1) is 20.1. The molecule has 0 unspecified atom stereocenters. The van der Waals surface area contributed by atoms with Crippen LogP contribution in [0.4, 0.5) is 13.2 Å². The number of amides is 1. The summed E-state index contributed by atoms with van der Waals surface area (Å²) < 4.78 is 75.8. The normalized spacial score (nSPS) is 20.2. The number of likely N-dealkylation sites (tertiary alicyclic amines) is 1. The molecule has 27 heavy (non-hydrogen) atoms. The number of carbonyl (C=O) groups excluding carboxylic acids is 1. The van der Waals surface area contributed by atoms with Crippen molar-refractivity contribution in [2.75, 3.05) is 32.8 Å². The molecular weight excluding hydrogens is 389 g/mol. The quantitative estimate of drug-likeness (QED) is 0.813.